The third kappa shape index (κ3) is 4.07. The van der Waals surface area contributed by atoms with Crippen LogP contribution in [-0.2, 0) is 24.3 Å². The SMILES string of the molecule is COc1ccc(C(NC(=O)COC(=O)CN2c3cccc4cccc(c34)S2(=O)=O)C2CC2)cc1. The first-order valence-electron chi connectivity index (χ1n) is 11.0. The molecule has 1 N–H and O–H groups in total. The lowest BCUT2D eigenvalue weighted by molar-refractivity contribution is -0.147. The molecule has 1 aliphatic carbocycles. The largest absolute Gasteiger partial charge is 0.497 e. The molecular formula is C25H24N2O6S. The molecule has 5 rings (SSSR count). The van der Waals surface area contributed by atoms with Crippen molar-refractivity contribution in [1.29, 1.82) is 0 Å². The van der Waals surface area contributed by atoms with Gasteiger partial charge in [-0.05, 0) is 54.0 Å². The van der Waals surface area contributed by atoms with E-state index < -0.39 is 35.1 Å². The number of anilines is 1. The van der Waals surface area contributed by atoms with Crippen molar-refractivity contribution >= 4 is 38.4 Å². The van der Waals surface area contributed by atoms with Gasteiger partial charge in [-0.25, -0.2) is 8.42 Å². The first-order chi connectivity index (χ1) is 16.4. The van der Waals surface area contributed by atoms with Gasteiger partial charge in [0.25, 0.3) is 15.9 Å². The Morgan fingerprint density at radius 2 is 1.76 bits per heavy atom. The van der Waals surface area contributed by atoms with Crippen molar-refractivity contribution in [2.45, 2.75) is 23.8 Å². The Morgan fingerprint density at radius 1 is 1.06 bits per heavy atom. The van der Waals surface area contributed by atoms with Crippen molar-refractivity contribution < 1.29 is 27.5 Å². The molecule has 0 radical (unpaired) electrons. The monoisotopic (exact) mass is 480 g/mol. The molecule has 9 heteroatoms. The van der Waals surface area contributed by atoms with Crippen molar-refractivity contribution in [3.05, 3.63) is 66.2 Å². The molecule has 0 spiro atoms. The number of esters is 1. The molecule has 1 saturated carbocycles. The van der Waals surface area contributed by atoms with Crippen LogP contribution in [-0.4, -0.2) is 40.6 Å². The Morgan fingerprint density at radius 3 is 2.44 bits per heavy atom. The van der Waals surface area contributed by atoms with Crippen LogP contribution in [0, 0.1) is 5.92 Å². The highest BCUT2D eigenvalue weighted by Gasteiger charge is 2.37. The maximum Gasteiger partial charge on any atom is 0.327 e. The summed E-state index contributed by atoms with van der Waals surface area (Å²) in [5.41, 5.74) is 1.39. The second-order valence-corrected chi connectivity index (χ2v) is 10.3. The number of carbonyl (C=O) groups is 2. The normalized spacial score (nSPS) is 16.8. The van der Waals surface area contributed by atoms with Crippen molar-refractivity contribution in [2.24, 2.45) is 5.92 Å². The van der Waals surface area contributed by atoms with Gasteiger partial charge >= 0.3 is 5.97 Å². The number of ether oxygens (including phenoxy) is 2. The van der Waals surface area contributed by atoms with Crippen LogP contribution in [0.5, 0.6) is 5.75 Å². The smallest absolute Gasteiger partial charge is 0.327 e. The lowest BCUT2D eigenvalue weighted by atomic mass is 10.0. The molecule has 0 aromatic heterocycles. The molecule has 1 amide bonds. The minimum Gasteiger partial charge on any atom is -0.497 e. The summed E-state index contributed by atoms with van der Waals surface area (Å²) in [5.74, 6) is -0.165. The Balaban J connectivity index is 1.22. The van der Waals surface area contributed by atoms with E-state index in [0.29, 0.717) is 17.0 Å². The highest BCUT2D eigenvalue weighted by atomic mass is 32.2. The van der Waals surface area contributed by atoms with Crippen molar-refractivity contribution in [3.8, 4) is 5.75 Å². The third-order valence-electron chi connectivity index (χ3n) is 6.20. The molecule has 0 saturated heterocycles. The summed E-state index contributed by atoms with van der Waals surface area (Å²) < 4.78 is 37.4. The van der Waals surface area contributed by atoms with Gasteiger partial charge in [-0.3, -0.25) is 13.9 Å². The van der Waals surface area contributed by atoms with Crippen molar-refractivity contribution in [1.82, 2.24) is 5.32 Å². The van der Waals surface area contributed by atoms with Gasteiger partial charge in [0.2, 0.25) is 0 Å². The number of carbonyl (C=O) groups excluding carboxylic acids is 2. The molecule has 34 heavy (non-hydrogen) atoms. The fraction of sp³-hybridized carbons (Fsp3) is 0.280. The summed E-state index contributed by atoms with van der Waals surface area (Å²) in [6, 6.07) is 17.6. The molecule has 0 bridgehead atoms. The Kier molecular flexibility index (Phi) is 5.65. The summed E-state index contributed by atoms with van der Waals surface area (Å²) in [4.78, 5) is 25.2. The van der Waals surface area contributed by atoms with Crippen LogP contribution in [0.1, 0.15) is 24.4 Å². The zero-order valence-electron chi connectivity index (χ0n) is 18.6. The topological polar surface area (TPSA) is 102 Å². The standard InChI is InChI=1S/C25H24N2O6S/c1-32-19-12-10-18(11-13-19)25(17-8-9-17)26-22(28)15-33-23(29)14-27-20-6-2-4-16-5-3-7-21(24(16)20)34(27,30)31/h2-7,10-13,17,25H,8-9,14-15H2,1H3,(H,26,28). The van der Waals surface area contributed by atoms with E-state index in [4.69, 9.17) is 9.47 Å². The fourth-order valence-electron chi connectivity index (χ4n) is 4.37. The number of methoxy groups -OCH3 is 1. The molecule has 1 fully saturated rings. The number of hydrogen-bond acceptors (Lipinski definition) is 6. The lowest BCUT2D eigenvalue weighted by Gasteiger charge is -2.20. The number of nitrogens with one attached hydrogen (secondary N) is 1. The van der Waals surface area contributed by atoms with E-state index in [-0.39, 0.29) is 10.9 Å². The van der Waals surface area contributed by atoms with Crippen molar-refractivity contribution in [3.63, 3.8) is 0 Å². The molecule has 1 aliphatic heterocycles. The van der Waals surface area contributed by atoms with E-state index in [0.717, 1.165) is 33.8 Å². The summed E-state index contributed by atoms with van der Waals surface area (Å²) in [6.07, 6.45) is 2.02. The number of nitrogens with zero attached hydrogens (tertiary/aromatic N) is 1. The second-order valence-electron chi connectivity index (χ2n) is 8.46. The number of benzene rings is 3. The molecular weight excluding hydrogens is 456 g/mol. The minimum atomic E-state index is -3.87. The summed E-state index contributed by atoms with van der Waals surface area (Å²) in [5, 5.41) is 4.30. The first-order valence-corrected chi connectivity index (χ1v) is 12.5. The summed E-state index contributed by atoms with van der Waals surface area (Å²) in [6.45, 7) is -0.989. The van der Waals surface area contributed by atoms with Gasteiger partial charge < -0.3 is 14.8 Å². The van der Waals surface area contributed by atoms with Crippen LogP contribution < -0.4 is 14.4 Å². The van der Waals surface area contributed by atoms with Gasteiger partial charge in [0.05, 0.1) is 23.7 Å². The van der Waals surface area contributed by atoms with Gasteiger partial charge in [0.15, 0.2) is 6.61 Å². The van der Waals surface area contributed by atoms with Gasteiger partial charge in [-0.15, -0.1) is 0 Å². The van der Waals surface area contributed by atoms with Crippen molar-refractivity contribution in [2.75, 3.05) is 24.6 Å². The highest BCUT2D eigenvalue weighted by Crippen LogP contribution is 2.42. The molecule has 176 valence electrons. The maximum absolute atomic E-state index is 13.0. The summed E-state index contributed by atoms with van der Waals surface area (Å²) in [7, 11) is -2.28. The van der Waals surface area contributed by atoms with Crippen LogP contribution in [0.4, 0.5) is 5.69 Å². The van der Waals surface area contributed by atoms with E-state index in [1.54, 1.807) is 25.3 Å². The van der Waals surface area contributed by atoms with Crippen LogP contribution in [0.3, 0.4) is 0 Å². The van der Waals surface area contributed by atoms with Crippen LogP contribution in [0.2, 0.25) is 0 Å². The molecule has 3 aromatic rings. The zero-order chi connectivity index (χ0) is 23.9. The number of sulfonamides is 1. The fourth-order valence-corrected chi connectivity index (χ4v) is 6.02. The van der Waals surface area contributed by atoms with E-state index in [1.807, 2.05) is 36.4 Å². The highest BCUT2D eigenvalue weighted by molar-refractivity contribution is 7.93. The predicted molar refractivity (Wildman–Crippen MR) is 126 cm³/mol. The van der Waals surface area contributed by atoms with E-state index in [1.165, 1.54) is 6.07 Å². The number of amides is 1. The quantitative estimate of drug-likeness (QED) is 0.497. The molecule has 1 heterocycles. The Labute approximate surface area is 197 Å². The molecule has 1 atom stereocenters. The Bertz CT molecular complexity index is 1360. The van der Waals surface area contributed by atoms with Gasteiger partial charge in [-0.2, -0.15) is 0 Å². The molecule has 2 aliphatic rings. The third-order valence-corrected chi connectivity index (χ3v) is 8.01. The number of hydrogen-bond donors (Lipinski definition) is 1. The van der Waals surface area contributed by atoms with E-state index >= 15 is 0 Å². The van der Waals surface area contributed by atoms with Gasteiger partial charge in [0.1, 0.15) is 12.3 Å². The zero-order valence-corrected chi connectivity index (χ0v) is 19.4. The van der Waals surface area contributed by atoms with E-state index in [2.05, 4.69) is 5.32 Å². The van der Waals surface area contributed by atoms with Crippen LogP contribution >= 0.6 is 0 Å². The average molecular weight is 481 g/mol. The molecule has 8 nitrogen and oxygen atoms in total. The van der Waals surface area contributed by atoms with Gasteiger partial charge in [0, 0.05) is 5.39 Å². The first kappa shape index (κ1) is 22.2. The maximum atomic E-state index is 13.0. The summed E-state index contributed by atoms with van der Waals surface area (Å²) >= 11 is 0. The minimum absolute atomic E-state index is 0.165. The Hall–Kier alpha value is -3.59. The van der Waals surface area contributed by atoms with Crippen LogP contribution in [0.25, 0.3) is 10.8 Å². The predicted octanol–water partition coefficient (Wildman–Crippen LogP) is 3.17. The van der Waals surface area contributed by atoms with Gasteiger partial charge in [-0.1, -0.05) is 36.4 Å². The average Bonchev–Trinajstić information content (AvgIpc) is 3.66. The molecule has 1 unspecified atom stereocenters. The molecule has 3 aromatic carbocycles. The second kappa shape index (κ2) is 8.64. The number of rotatable bonds is 8. The van der Waals surface area contributed by atoms with Crippen LogP contribution in [0.15, 0.2) is 65.6 Å². The van der Waals surface area contributed by atoms with E-state index in [9.17, 15) is 18.0 Å². The lowest BCUT2D eigenvalue weighted by Crippen LogP contribution is -2.37.